The van der Waals surface area contributed by atoms with Gasteiger partial charge >= 0.3 is 7.82 Å². The highest BCUT2D eigenvalue weighted by Gasteiger charge is 2.04. The SMILES string of the molecule is CN1CCCC1.CN1CCCC1.CN1CCCC1.O=P(O)(O)O. The Labute approximate surface area is 141 Å². The highest BCUT2D eigenvalue weighted by Crippen LogP contribution is 2.25. The third kappa shape index (κ3) is 19.9. The summed E-state index contributed by atoms with van der Waals surface area (Å²) in [6.45, 7) is 7.92. The van der Waals surface area contributed by atoms with Crippen molar-refractivity contribution in [3.8, 4) is 0 Å². The molecule has 8 heteroatoms. The van der Waals surface area contributed by atoms with E-state index in [1.807, 2.05) is 0 Å². The summed E-state index contributed by atoms with van der Waals surface area (Å²) in [6, 6.07) is 0. The Morgan fingerprint density at radius 2 is 0.696 bits per heavy atom. The highest BCUT2D eigenvalue weighted by molar-refractivity contribution is 7.45. The van der Waals surface area contributed by atoms with E-state index >= 15 is 0 Å². The summed E-state index contributed by atoms with van der Waals surface area (Å²) in [5, 5.41) is 0. The standard InChI is InChI=1S/3C5H11N.H3O4P/c3*1-6-4-2-3-5-6;1-5(2,3)4/h3*2-5H2,1H3;(H3,1,2,3,4). The molecule has 0 spiro atoms. The predicted molar refractivity (Wildman–Crippen MR) is 94.5 cm³/mol. The second kappa shape index (κ2) is 13.3. The number of hydrogen-bond acceptors (Lipinski definition) is 4. The molecule has 140 valence electrons. The van der Waals surface area contributed by atoms with Gasteiger partial charge in [0.15, 0.2) is 0 Å². The summed E-state index contributed by atoms with van der Waals surface area (Å²) < 4.78 is 8.88. The molecule has 0 atom stereocenters. The second-order valence-electron chi connectivity index (χ2n) is 6.54. The minimum atomic E-state index is -4.64. The van der Waals surface area contributed by atoms with Gasteiger partial charge < -0.3 is 29.4 Å². The molecule has 0 aliphatic carbocycles. The average Bonchev–Trinajstić information content (AvgIpc) is 3.14. The van der Waals surface area contributed by atoms with E-state index in [-0.39, 0.29) is 0 Å². The van der Waals surface area contributed by atoms with Gasteiger partial charge in [0.2, 0.25) is 0 Å². The highest BCUT2D eigenvalue weighted by atomic mass is 31.2. The van der Waals surface area contributed by atoms with Crippen molar-refractivity contribution >= 4 is 7.82 Å². The Bertz CT molecular complexity index is 268. The zero-order chi connectivity index (χ0) is 17.7. The molecule has 3 fully saturated rings. The van der Waals surface area contributed by atoms with Crippen LogP contribution in [0.5, 0.6) is 0 Å². The van der Waals surface area contributed by atoms with Crippen LogP contribution in [0.1, 0.15) is 38.5 Å². The molecule has 0 aromatic rings. The fourth-order valence-corrected chi connectivity index (χ4v) is 2.63. The van der Waals surface area contributed by atoms with Gasteiger partial charge in [-0.1, -0.05) is 0 Å². The van der Waals surface area contributed by atoms with Crippen molar-refractivity contribution in [1.29, 1.82) is 0 Å². The second-order valence-corrected chi connectivity index (χ2v) is 7.57. The van der Waals surface area contributed by atoms with Crippen LogP contribution in [0, 0.1) is 0 Å². The maximum atomic E-state index is 8.88. The summed E-state index contributed by atoms with van der Waals surface area (Å²) in [5.41, 5.74) is 0. The zero-order valence-corrected chi connectivity index (χ0v) is 15.9. The van der Waals surface area contributed by atoms with Crippen molar-refractivity contribution < 1.29 is 19.2 Å². The summed E-state index contributed by atoms with van der Waals surface area (Å²) in [5.74, 6) is 0. The smallest absolute Gasteiger partial charge is 0.306 e. The third-order valence-corrected chi connectivity index (χ3v) is 3.99. The molecular formula is C15H36N3O4P. The summed E-state index contributed by atoms with van der Waals surface area (Å²) in [7, 11) is 1.88. The molecule has 3 heterocycles. The number of rotatable bonds is 0. The maximum absolute atomic E-state index is 8.88. The molecule has 3 saturated heterocycles. The first-order chi connectivity index (χ1) is 10.7. The first-order valence-electron chi connectivity index (χ1n) is 8.52. The molecular weight excluding hydrogens is 317 g/mol. The van der Waals surface area contributed by atoms with E-state index in [0.29, 0.717) is 0 Å². The van der Waals surface area contributed by atoms with Gasteiger partial charge in [-0.2, -0.15) is 0 Å². The van der Waals surface area contributed by atoms with E-state index in [4.69, 9.17) is 19.2 Å². The van der Waals surface area contributed by atoms with Crippen molar-refractivity contribution in [2.45, 2.75) is 38.5 Å². The molecule has 3 aliphatic rings. The van der Waals surface area contributed by atoms with E-state index in [1.165, 1.54) is 77.8 Å². The van der Waals surface area contributed by atoms with Crippen LogP contribution in [-0.2, 0) is 4.57 Å². The lowest BCUT2D eigenvalue weighted by Gasteiger charge is -2.01. The van der Waals surface area contributed by atoms with Crippen LogP contribution in [0.3, 0.4) is 0 Å². The van der Waals surface area contributed by atoms with Crippen molar-refractivity contribution in [3.63, 3.8) is 0 Å². The molecule has 0 bridgehead atoms. The van der Waals surface area contributed by atoms with E-state index < -0.39 is 7.82 Å². The van der Waals surface area contributed by atoms with Crippen LogP contribution >= 0.6 is 7.82 Å². The number of likely N-dealkylation sites (tertiary alicyclic amines) is 3. The summed E-state index contributed by atoms with van der Waals surface area (Å²) in [6.07, 6.45) is 8.48. The molecule has 3 aliphatic heterocycles. The predicted octanol–water partition coefficient (Wildman–Crippen LogP) is 1.21. The van der Waals surface area contributed by atoms with Gasteiger partial charge in [0, 0.05) is 0 Å². The Morgan fingerprint density at radius 1 is 0.565 bits per heavy atom. The van der Waals surface area contributed by atoms with Gasteiger partial charge in [-0.25, -0.2) is 4.57 Å². The fraction of sp³-hybridized carbons (Fsp3) is 1.00. The maximum Gasteiger partial charge on any atom is 0.466 e. The van der Waals surface area contributed by atoms with E-state index in [2.05, 4.69) is 35.8 Å². The fourth-order valence-electron chi connectivity index (χ4n) is 2.63. The van der Waals surface area contributed by atoms with Crippen LogP contribution in [-0.4, -0.2) is 89.8 Å². The molecule has 3 N–H and O–H groups in total. The first kappa shape index (κ1) is 23.0. The Hall–Kier alpha value is -0.0100. The van der Waals surface area contributed by atoms with Gasteiger partial charge in [0.25, 0.3) is 0 Å². The number of phosphoric acid groups is 1. The molecule has 0 saturated carbocycles. The first-order valence-corrected chi connectivity index (χ1v) is 10.1. The lowest BCUT2D eigenvalue weighted by atomic mass is 10.4. The van der Waals surface area contributed by atoms with Crippen molar-refractivity contribution in [2.24, 2.45) is 0 Å². The van der Waals surface area contributed by atoms with Crippen LogP contribution in [0.4, 0.5) is 0 Å². The number of hydrogen-bond donors (Lipinski definition) is 3. The quantitative estimate of drug-likeness (QED) is 0.564. The Balaban J connectivity index is 0.000000282. The lowest BCUT2D eigenvalue weighted by Crippen LogP contribution is -2.10. The van der Waals surface area contributed by atoms with Gasteiger partial charge in [0.1, 0.15) is 0 Å². The Kier molecular flexibility index (Phi) is 13.3. The molecule has 0 aromatic heterocycles. The summed E-state index contributed by atoms with van der Waals surface area (Å²) in [4.78, 5) is 28.6. The monoisotopic (exact) mass is 353 g/mol. The normalized spacial score (nSPS) is 22.5. The average molecular weight is 353 g/mol. The Morgan fingerprint density at radius 3 is 0.739 bits per heavy atom. The minimum Gasteiger partial charge on any atom is -0.306 e. The van der Waals surface area contributed by atoms with Crippen molar-refractivity contribution in [2.75, 3.05) is 60.4 Å². The molecule has 3 rings (SSSR count). The van der Waals surface area contributed by atoms with Gasteiger partial charge in [-0.05, 0) is 98.9 Å². The zero-order valence-electron chi connectivity index (χ0n) is 15.0. The van der Waals surface area contributed by atoms with Crippen LogP contribution < -0.4 is 0 Å². The molecule has 23 heavy (non-hydrogen) atoms. The van der Waals surface area contributed by atoms with Gasteiger partial charge in [-0.15, -0.1) is 0 Å². The number of nitrogens with zero attached hydrogens (tertiary/aromatic N) is 3. The van der Waals surface area contributed by atoms with E-state index in [0.717, 1.165) is 0 Å². The van der Waals surface area contributed by atoms with Gasteiger partial charge in [0.05, 0.1) is 0 Å². The lowest BCUT2D eigenvalue weighted by molar-refractivity contribution is 0.275. The van der Waals surface area contributed by atoms with Crippen molar-refractivity contribution in [1.82, 2.24) is 14.7 Å². The van der Waals surface area contributed by atoms with Crippen LogP contribution in [0.2, 0.25) is 0 Å². The van der Waals surface area contributed by atoms with Gasteiger partial charge in [-0.3, -0.25) is 0 Å². The van der Waals surface area contributed by atoms with E-state index in [1.54, 1.807) is 0 Å². The van der Waals surface area contributed by atoms with E-state index in [9.17, 15) is 0 Å². The summed E-state index contributed by atoms with van der Waals surface area (Å²) >= 11 is 0. The molecule has 0 unspecified atom stereocenters. The van der Waals surface area contributed by atoms with Crippen LogP contribution in [0.25, 0.3) is 0 Å². The largest absolute Gasteiger partial charge is 0.466 e. The third-order valence-electron chi connectivity index (χ3n) is 3.99. The molecule has 0 amide bonds. The topological polar surface area (TPSA) is 87.5 Å². The minimum absolute atomic E-state index is 1.32. The molecule has 0 radical (unpaired) electrons. The molecule has 0 aromatic carbocycles. The van der Waals surface area contributed by atoms with Crippen LogP contribution in [0.15, 0.2) is 0 Å². The van der Waals surface area contributed by atoms with Crippen molar-refractivity contribution in [3.05, 3.63) is 0 Å². The molecule has 7 nitrogen and oxygen atoms in total.